The molecule has 4 heteroatoms. The second kappa shape index (κ2) is 2.29. The summed E-state index contributed by atoms with van der Waals surface area (Å²) in [6.07, 6.45) is 1.34. The van der Waals surface area contributed by atoms with Crippen molar-refractivity contribution in [2.24, 2.45) is 0 Å². The van der Waals surface area contributed by atoms with Crippen LogP contribution >= 0.6 is 35.0 Å². The molecule has 0 aliphatic carbocycles. The van der Waals surface area contributed by atoms with Crippen molar-refractivity contribution >= 4 is 40.7 Å². The fraction of sp³-hybridized carbons (Fsp3) is 0.250. The van der Waals surface area contributed by atoms with Crippen molar-refractivity contribution in [3.05, 3.63) is 10.4 Å². The van der Waals surface area contributed by atoms with Gasteiger partial charge in [-0.2, -0.15) is 0 Å². The highest BCUT2D eigenvalue weighted by Gasteiger charge is 2.21. The molecule has 0 saturated carbocycles. The second-order valence-electron chi connectivity index (χ2n) is 1.28. The van der Waals surface area contributed by atoms with Gasteiger partial charge in [0, 0.05) is 6.08 Å². The Morgan fingerprint density at radius 3 is 2.50 bits per heavy atom. The molecule has 8 heavy (non-hydrogen) atoms. The van der Waals surface area contributed by atoms with Crippen molar-refractivity contribution in [1.29, 1.82) is 0 Å². The van der Waals surface area contributed by atoms with E-state index in [0.717, 1.165) is 0 Å². The van der Waals surface area contributed by atoms with Crippen molar-refractivity contribution in [3.8, 4) is 0 Å². The molecule has 0 N–H and O–H groups in total. The lowest BCUT2D eigenvalue weighted by Crippen LogP contribution is -1.99. The topological polar surface area (TPSA) is 17.1 Å². The smallest absolute Gasteiger partial charge is 0.185 e. The summed E-state index contributed by atoms with van der Waals surface area (Å²) in [6, 6.07) is 0. The zero-order valence-corrected chi connectivity index (χ0v) is 6.06. The van der Waals surface area contributed by atoms with Gasteiger partial charge in [-0.25, -0.2) is 0 Å². The average Bonchev–Trinajstić information content (AvgIpc) is 1.85. The minimum atomic E-state index is -0.484. The molecule has 0 amide bonds. The maximum absolute atomic E-state index is 10.5. The highest BCUT2D eigenvalue weighted by atomic mass is 35.5. The number of hydrogen-bond acceptors (Lipinski definition) is 2. The predicted octanol–water partition coefficient (Wildman–Crippen LogP) is 1.95. The Morgan fingerprint density at radius 2 is 2.38 bits per heavy atom. The van der Waals surface area contributed by atoms with Crippen LogP contribution in [0.2, 0.25) is 0 Å². The molecule has 1 heterocycles. The number of rotatable bonds is 0. The normalized spacial score (nSPS) is 28.5. The van der Waals surface area contributed by atoms with Gasteiger partial charge in [-0.3, -0.25) is 4.79 Å². The Morgan fingerprint density at radius 1 is 1.75 bits per heavy atom. The van der Waals surface area contributed by atoms with Gasteiger partial charge in [-0.1, -0.05) is 23.4 Å². The lowest BCUT2D eigenvalue weighted by Gasteiger charge is -1.89. The second-order valence-corrected chi connectivity index (χ2v) is 3.76. The summed E-state index contributed by atoms with van der Waals surface area (Å²) in [5, 5.41) is 0. The first-order valence-electron chi connectivity index (χ1n) is 1.92. The maximum Gasteiger partial charge on any atom is 0.185 e. The molecule has 0 fully saturated rings. The minimum absolute atomic E-state index is 0.110. The van der Waals surface area contributed by atoms with Crippen LogP contribution in [0.15, 0.2) is 10.4 Å². The molecule has 0 aromatic rings. The molecular formula is C4H2Cl2OS. The Labute approximate surface area is 61.0 Å². The zero-order chi connectivity index (χ0) is 6.15. The van der Waals surface area contributed by atoms with Gasteiger partial charge in [-0.15, -0.1) is 11.6 Å². The molecule has 1 rings (SSSR count). The summed E-state index contributed by atoms with van der Waals surface area (Å²) >= 11 is 12.0. The molecule has 1 aliphatic rings. The van der Waals surface area contributed by atoms with Crippen molar-refractivity contribution in [2.75, 3.05) is 0 Å². The number of ketones is 1. The summed E-state index contributed by atoms with van der Waals surface area (Å²) in [4.78, 5) is 10.5. The van der Waals surface area contributed by atoms with E-state index in [1.54, 1.807) is 0 Å². The van der Waals surface area contributed by atoms with Gasteiger partial charge in [0.1, 0.15) is 4.71 Å². The number of carbonyl (C=O) groups is 1. The van der Waals surface area contributed by atoms with Crippen molar-refractivity contribution in [3.63, 3.8) is 0 Å². The van der Waals surface area contributed by atoms with Crippen LogP contribution in [-0.2, 0) is 4.79 Å². The number of thioether (sulfide) groups is 1. The Bertz CT molecular complexity index is 154. The fourth-order valence-electron chi connectivity index (χ4n) is 0.368. The van der Waals surface area contributed by atoms with Crippen LogP contribution in [0.25, 0.3) is 0 Å². The van der Waals surface area contributed by atoms with Crippen LogP contribution in [0.4, 0.5) is 0 Å². The van der Waals surface area contributed by atoms with Crippen LogP contribution in [-0.4, -0.2) is 10.5 Å². The van der Waals surface area contributed by atoms with E-state index in [9.17, 15) is 4.79 Å². The molecule has 44 valence electrons. The minimum Gasteiger partial charge on any atom is -0.292 e. The van der Waals surface area contributed by atoms with Crippen molar-refractivity contribution in [2.45, 2.75) is 4.71 Å². The molecule has 0 bridgehead atoms. The van der Waals surface area contributed by atoms with Gasteiger partial charge in [-0.05, 0) is 0 Å². The molecule has 1 unspecified atom stereocenters. The van der Waals surface area contributed by atoms with E-state index < -0.39 is 4.71 Å². The largest absolute Gasteiger partial charge is 0.292 e. The quantitative estimate of drug-likeness (QED) is 0.515. The highest BCUT2D eigenvalue weighted by molar-refractivity contribution is 8.07. The summed E-state index contributed by atoms with van der Waals surface area (Å²) in [5.74, 6) is -0.110. The SMILES string of the molecule is O=C1C=C(Cl)SC1Cl. The van der Waals surface area contributed by atoms with Gasteiger partial charge < -0.3 is 0 Å². The fourth-order valence-corrected chi connectivity index (χ4v) is 1.80. The standard InChI is InChI=1S/C4H2Cl2OS/c5-3-1-2(7)4(6)8-3/h1,4H. The number of halogens is 2. The molecule has 0 spiro atoms. The van der Waals surface area contributed by atoms with Crippen LogP contribution < -0.4 is 0 Å². The molecular weight excluding hydrogens is 167 g/mol. The van der Waals surface area contributed by atoms with Crippen LogP contribution in [0, 0.1) is 0 Å². The molecule has 1 atom stereocenters. The van der Waals surface area contributed by atoms with Gasteiger partial charge >= 0.3 is 0 Å². The van der Waals surface area contributed by atoms with Crippen LogP contribution in [0.5, 0.6) is 0 Å². The van der Waals surface area contributed by atoms with E-state index in [0.29, 0.717) is 4.36 Å². The molecule has 0 radical (unpaired) electrons. The maximum atomic E-state index is 10.5. The van der Waals surface area contributed by atoms with Gasteiger partial charge in [0.2, 0.25) is 0 Å². The molecule has 0 saturated heterocycles. The zero-order valence-electron chi connectivity index (χ0n) is 3.73. The predicted molar refractivity (Wildman–Crippen MR) is 36.2 cm³/mol. The van der Waals surface area contributed by atoms with E-state index in [2.05, 4.69) is 0 Å². The number of alkyl halides is 1. The number of carbonyl (C=O) groups excluding carboxylic acids is 1. The van der Waals surface area contributed by atoms with Crippen molar-refractivity contribution in [1.82, 2.24) is 0 Å². The Hall–Kier alpha value is 0.340. The van der Waals surface area contributed by atoms with Gasteiger partial charge in [0.15, 0.2) is 5.78 Å². The van der Waals surface area contributed by atoms with Crippen LogP contribution in [0.3, 0.4) is 0 Å². The first-order valence-corrected chi connectivity index (χ1v) is 3.61. The van der Waals surface area contributed by atoms with E-state index in [1.165, 1.54) is 17.8 Å². The first kappa shape index (κ1) is 6.46. The number of allylic oxidation sites excluding steroid dienone is 1. The third-order valence-corrected chi connectivity index (χ3v) is 2.34. The van der Waals surface area contributed by atoms with Crippen LogP contribution in [0.1, 0.15) is 0 Å². The van der Waals surface area contributed by atoms with Crippen molar-refractivity contribution < 1.29 is 4.79 Å². The highest BCUT2D eigenvalue weighted by Crippen LogP contribution is 2.34. The molecule has 0 aromatic carbocycles. The summed E-state index contributed by atoms with van der Waals surface area (Å²) in [7, 11) is 0. The Balaban J connectivity index is 2.70. The van der Waals surface area contributed by atoms with Gasteiger partial charge in [0.25, 0.3) is 0 Å². The van der Waals surface area contributed by atoms with E-state index in [1.807, 2.05) is 0 Å². The average molecular weight is 169 g/mol. The summed E-state index contributed by atoms with van der Waals surface area (Å²) in [6.45, 7) is 0. The van der Waals surface area contributed by atoms with Gasteiger partial charge in [0.05, 0.1) is 4.36 Å². The third kappa shape index (κ3) is 1.19. The lowest BCUT2D eigenvalue weighted by molar-refractivity contribution is -0.112. The third-order valence-electron chi connectivity index (χ3n) is 0.695. The van der Waals surface area contributed by atoms with E-state index in [4.69, 9.17) is 23.2 Å². The lowest BCUT2D eigenvalue weighted by atomic mass is 10.4. The Kier molecular flexibility index (Phi) is 1.85. The summed E-state index contributed by atoms with van der Waals surface area (Å²) < 4.78 is -0.00231. The first-order chi connectivity index (χ1) is 3.70. The molecule has 1 nitrogen and oxygen atoms in total. The van der Waals surface area contributed by atoms with E-state index in [-0.39, 0.29) is 5.78 Å². The molecule has 1 aliphatic heterocycles. The monoisotopic (exact) mass is 168 g/mol. The summed E-state index contributed by atoms with van der Waals surface area (Å²) in [5.41, 5.74) is 0. The number of hydrogen-bond donors (Lipinski definition) is 0. The van der Waals surface area contributed by atoms with E-state index >= 15 is 0 Å². The molecule has 0 aromatic heterocycles.